The van der Waals surface area contributed by atoms with Gasteiger partial charge in [-0.05, 0) is 29.5 Å². The molecule has 0 radical (unpaired) electrons. The first kappa shape index (κ1) is 15.8. The summed E-state index contributed by atoms with van der Waals surface area (Å²) in [5.74, 6) is 0. The lowest BCUT2D eigenvalue weighted by molar-refractivity contribution is 0.131. The molecule has 0 saturated heterocycles. The number of thiophene rings is 1. The molecular weight excluding hydrogens is 334 g/mol. The minimum atomic E-state index is -0.134. The number of benzene rings is 1. The van der Waals surface area contributed by atoms with Crippen LogP contribution in [0.2, 0.25) is 0 Å². The fraction of sp³-hybridized carbons (Fsp3) is 0.158. The number of fused-ring (bicyclic) bond motifs is 1. The van der Waals surface area contributed by atoms with Crippen molar-refractivity contribution >= 4 is 17.0 Å². The highest BCUT2D eigenvalue weighted by molar-refractivity contribution is 7.14. The van der Waals surface area contributed by atoms with Gasteiger partial charge in [0.1, 0.15) is 0 Å². The SMILES string of the molecule is CCOCc1cc(=O)n2[nH]cc(-c3cc(-c4ccccc4)cs3)c2n1. The van der Waals surface area contributed by atoms with Gasteiger partial charge in [0.25, 0.3) is 5.56 Å². The second kappa shape index (κ2) is 6.66. The first-order valence-corrected chi connectivity index (χ1v) is 8.96. The molecule has 0 aliphatic carbocycles. The van der Waals surface area contributed by atoms with Crippen LogP contribution < -0.4 is 5.56 Å². The topological polar surface area (TPSA) is 59.4 Å². The quantitative estimate of drug-likeness (QED) is 0.592. The lowest BCUT2D eigenvalue weighted by Crippen LogP contribution is -2.16. The van der Waals surface area contributed by atoms with Crippen molar-refractivity contribution in [2.24, 2.45) is 0 Å². The Balaban J connectivity index is 1.78. The van der Waals surface area contributed by atoms with E-state index in [-0.39, 0.29) is 5.56 Å². The number of nitrogens with one attached hydrogen (secondary N) is 1. The average molecular weight is 351 g/mol. The summed E-state index contributed by atoms with van der Waals surface area (Å²) in [5.41, 5.74) is 4.39. The van der Waals surface area contributed by atoms with Crippen molar-refractivity contribution in [3.8, 4) is 21.6 Å². The van der Waals surface area contributed by atoms with Gasteiger partial charge in [-0.3, -0.25) is 9.89 Å². The van der Waals surface area contributed by atoms with Gasteiger partial charge >= 0.3 is 0 Å². The van der Waals surface area contributed by atoms with E-state index in [0.717, 1.165) is 16.0 Å². The van der Waals surface area contributed by atoms with E-state index in [4.69, 9.17) is 4.74 Å². The fourth-order valence-corrected chi connectivity index (χ4v) is 3.68. The van der Waals surface area contributed by atoms with E-state index in [1.165, 1.54) is 16.1 Å². The minimum Gasteiger partial charge on any atom is -0.375 e. The third kappa shape index (κ3) is 3.01. The standard InChI is InChI=1S/C19H17N3O2S/c1-2-24-11-15-9-18(23)22-19(21-15)16(10-20-22)17-8-14(12-25-17)13-6-4-3-5-7-13/h3-10,12,20H,2,11H2,1H3. The predicted octanol–water partition coefficient (Wildman–Crippen LogP) is 3.95. The van der Waals surface area contributed by atoms with E-state index in [1.807, 2.05) is 31.3 Å². The highest BCUT2D eigenvalue weighted by Crippen LogP contribution is 2.33. The number of H-pyrrole nitrogens is 1. The summed E-state index contributed by atoms with van der Waals surface area (Å²) in [6, 6.07) is 13.9. The molecule has 0 aliphatic heterocycles. The van der Waals surface area contributed by atoms with Crippen molar-refractivity contribution in [1.82, 2.24) is 14.6 Å². The first-order valence-electron chi connectivity index (χ1n) is 8.08. The van der Waals surface area contributed by atoms with Crippen LogP contribution in [0.5, 0.6) is 0 Å². The van der Waals surface area contributed by atoms with Crippen LogP contribution in [0.3, 0.4) is 0 Å². The molecule has 4 aromatic rings. The second-order valence-electron chi connectivity index (χ2n) is 5.63. The summed E-state index contributed by atoms with van der Waals surface area (Å²) in [6.07, 6.45) is 1.83. The smallest absolute Gasteiger partial charge is 0.272 e. The minimum absolute atomic E-state index is 0.134. The van der Waals surface area contributed by atoms with Crippen molar-refractivity contribution in [1.29, 1.82) is 0 Å². The molecule has 1 aromatic carbocycles. The Kier molecular flexibility index (Phi) is 4.21. The Morgan fingerprint density at radius 1 is 1.20 bits per heavy atom. The zero-order valence-corrected chi connectivity index (χ0v) is 14.5. The summed E-state index contributed by atoms with van der Waals surface area (Å²) < 4.78 is 6.85. The van der Waals surface area contributed by atoms with Gasteiger partial charge in [0.15, 0.2) is 5.65 Å². The van der Waals surface area contributed by atoms with Crippen LogP contribution >= 0.6 is 11.3 Å². The van der Waals surface area contributed by atoms with Gasteiger partial charge in [0.05, 0.1) is 17.9 Å². The van der Waals surface area contributed by atoms with E-state index >= 15 is 0 Å². The van der Waals surface area contributed by atoms with Crippen LogP contribution in [0.15, 0.2) is 58.8 Å². The molecule has 6 heteroatoms. The normalized spacial score (nSPS) is 11.2. The van der Waals surface area contributed by atoms with Gasteiger partial charge in [0, 0.05) is 23.7 Å². The van der Waals surface area contributed by atoms with Crippen LogP contribution in [0.1, 0.15) is 12.6 Å². The predicted molar refractivity (Wildman–Crippen MR) is 99.9 cm³/mol. The van der Waals surface area contributed by atoms with Crippen molar-refractivity contribution in [2.75, 3.05) is 6.61 Å². The largest absolute Gasteiger partial charge is 0.375 e. The third-order valence-electron chi connectivity index (χ3n) is 3.98. The Morgan fingerprint density at radius 2 is 2.04 bits per heavy atom. The molecule has 3 aromatic heterocycles. The van der Waals surface area contributed by atoms with Gasteiger partial charge in [-0.1, -0.05) is 30.3 Å². The van der Waals surface area contributed by atoms with E-state index in [2.05, 4.69) is 33.7 Å². The Morgan fingerprint density at radius 3 is 2.84 bits per heavy atom. The van der Waals surface area contributed by atoms with Gasteiger partial charge < -0.3 is 4.74 Å². The maximum Gasteiger partial charge on any atom is 0.272 e. The van der Waals surface area contributed by atoms with Crippen molar-refractivity contribution in [2.45, 2.75) is 13.5 Å². The molecule has 0 saturated carbocycles. The average Bonchev–Trinajstić information content (AvgIpc) is 3.27. The van der Waals surface area contributed by atoms with Crippen LogP contribution in [-0.4, -0.2) is 21.2 Å². The Labute approximate surface area is 148 Å². The monoisotopic (exact) mass is 351 g/mol. The molecule has 1 N–H and O–H groups in total. The van der Waals surface area contributed by atoms with E-state index in [1.54, 1.807) is 11.3 Å². The molecule has 0 amide bonds. The summed E-state index contributed by atoms with van der Waals surface area (Å²) in [4.78, 5) is 17.9. The molecule has 5 nitrogen and oxygen atoms in total. The Bertz CT molecular complexity index is 1060. The Hall–Kier alpha value is -2.70. The molecule has 0 fully saturated rings. The number of rotatable bonds is 5. The summed E-state index contributed by atoms with van der Waals surface area (Å²) in [5, 5.41) is 5.12. The molecule has 0 bridgehead atoms. The summed E-state index contributed by atoms with van der Waals surface area (Å²) in [7, 11) is 0. The summed E-state index contributed by atoms with van der Waals surface area (Å²) in [6.45, 7) is 2.85. The van der Waals surface area contributed by atoms with Crippen LogP contribution in [0.4, 0.5) is 0 Å². The molecular formula is C19H17N3O2S. The van der Waals surface area contributed by atoms with Crippen molar-refractivity contribution in [3.05, 3.63) is 70.1 Å². The van der Waals surface area contributed by atoms with Crippen LogP contribution in [0.25, 0.3) is 27.2 Å². The fourth-order valence-electron chi connectivity index (χ4n) is 2.75. The number of aromatic amines is 1. The zero-order chi connectivity index (χ0) is 17.2. The van der Waals surface area contributed by atoms with Crippen molar-refractivity contribution < 1.29 is 4.74 Å². The van der Waals surface area contributed by atoms with Gasteiger partial charge in [-0.25, -0.2) is 9.50 Å². The van der Waals surface area contributed by atoms with E-state index in [9.17, 15) is 4.79 Å². The molecule has 0 unspecified atom stereocenters. The first-order chi connectivity index (χ1) is 12.3. The van der Waals surface area contributed by atoms with Crippen LogP contribution in [-0.2, 0) is 11.3 Å². The summed E-state index contributed by atoms with van der Waals surface area (Å²) >= 11 is 1.64. The number of aromatic nitrogens is 3. The number of ether oxygens (including phenoxy) is 1. The molecule has 0 spiro atoms. The third-order valence-corrected chi connectivity index (χ3v) is 4.94. The van der Waals surface area contributed by atoms with Crippen LogP contribution in [0, 0.1) is 0 Å². The molecule has 0 atom stereocenters. The maximum absolute atomic E-state index is 12.3. The van der Waals surface area contributed by atoms with E-state index in [0.29, 0.717) is 24.6 Å². The maximum atomic E-state index is 12.3. The lowest BCUT2D eigenvalue weighted by Gasteiger charge is -2.02. The highest BCUT2D eigenvalue weighted by Gasteiger charge is 2.13. The van der Waals surface area contributed by atoms with E-state index < -0.39 is 0 Å². The molecule has 3 heterocycles. The molecule has 0 aliphatic rings. The number of nitrogens with zero attached hydrogens (tertiary/aromatic N) is 2. The van der Waals surface area contributed by atoms with Gasteiger partial charge in [0.2, 0.25) is 0 Å². The number of hydrogen-bond donors (Lipinski definition) is 1. The number of hydrogen-bond acceptors (Lipinski definition) is 4. The second-order valence-corrected chi connectivity index (χ2v) is 6.55. The molecule has 126 valence electrons. The molecule has 4 rings (SSSR count). The van der Waals surface area contributed by atoms with Crippen molar-refractivity contribution in [3.63, 3.8) is 0 Å². The molecule has 25 heavy (non-hydrogen) atoms. The van der Waals surface area contributed by atoms with Gasteiger partial charge in [-0.2, -0.15) is 0 Å². The van der Waals surface area contributed by atoms with Gasteiger partial charge in [-0.15, -0.1) is 11.3 Å². The lowest BCUT2D eigenvalue weighted by atomic mass is 10.1. The highest BCUT2D eigenvalue weighted by atomic mass is 32.1. The zero-order valence-electron chi connectivity index (χ0n) is 13.7.